The molecule has 0 aromatic rings. The van der Waals surface area contributed by atoms with Gasteiger partial charge in [-0.25, -0.2) is 9.59 Å². The Morgan fingerprint density at radius 1 is 1.07 bits per heavy atom. The lowest BCUT2D eigenvalue weighted by atomic mass is 9.73. The van der Waals surface area contributed by atoms with Crippen LogP contribution in [-0.4, -0.2) is 47.8 Å². The van der Waals surface area contributed by atoms with E-state index in [2.05, 4.69) is 17.6 Å². The molecule has 3 amide bonds. The van der Waals surface area contributed by atoms with Gasteiger partial charge in [-0.05, 0) is 82.5 Å². The fraction of sp³-hybridized carbons (Fsp3) is 0.905. The zero-order chi connectivity index (χ0) is 19.4. The Morgan fingerprint density at radius 3 is 2.44 bits per heavy atom. The average Bonchev–Trinajstić information content (AvgIpc) is 3.10. The topological polar surface area (TPSA) is 70.7 Å². The van der Waals surface area contributed by atoms with Crippen molar-refractivity contribution >= 4 is 12.1 Å². The summed E-state index contributed by atoms with van der Waals surface area (Å²) in [6.07, 6.45) is 6.57. The summed E-state index contributed by atoms with van der Waals surface area (Å²) < 4.78 is 5.32. The lowest BCUT2D eigenvalue weighted by molar-refractivity contribution is 0.0484. The number of amides is 3. The molecule has 3 saturated carbocycles. The zero-order valence-electron chi connectivity index (χ0n) is 17.2. The summed E-state index contributed by atoms with van der Waals surface area (Å²) in [4.78, 5) is 26.6. The van der Waals surface area contributed by atoms with Crippen LogP contribution in [-0.2, 0) is 4.74 Å². The Bertz CT molecular complexity index is 608. The molecular weight excluding hydrogens is 342 g/mol. The summed E-state index contributed by atoms with van der Waals surface area (Å²) in [5, 5.41) is 6.30. The van der Waals surface area contributed by atoms with Gasteiger partial charge in [0.2, 0.25) is 0 Å². The monoisotopic (exact) mass is 377 g/mol. The number of fused-ring (bicyclic) bond motifs is 1. The van der Waals surface area contributed by atoms with Gasteiger partial charge in [0, 0.05) is 25.2 Å². The van der Waals surface area contributed by atoms with Gasteiger partial charge in [0.1, 0.15) is 5.60 Å². The quantitative estimate of drug-likeness (QED) is 0.774. The number of urea groups is 1. The lowest BCUT2D eigenvalue weighted by Crippen LogP contribution is -2.54. The number of hydrogen-bond acceptors (Lipinski definition) is 3. The second-order valence-electron chi connectivity index (χ2n) is 10.5. The van der Waals surface area contributed by atoms with E-state index < -0.39 is 5.60 Å². The lowest BCUT2D eigenvalue weighted by Gasteiger charge is -2.40. The zero-order valence-corrected chi connectivity index (χ0v) is 17.2. The molecule has 5 atom stereocenters. The van der Waals surface area contributed by atoms with E-state index in [1.165, 1.54) is 25.7 Å². The smallest absolute Gasteiger partial charge is 0.407 e. The first kappa shape index (κ1) is 18.9. The summed E-state index contributed by atoms with van der Waals surface area (Å²) in [6.45, 7) is 9.27. The predicted octanol–water partition coefficient (Wildman–Crippen LogP) is 3.51. The van der Waals surface area contributed by atoms with Gasteiger partial charge < -0.3 is 20.3 Å². The third kappa shape index (κ3) is 3.90. The Morgan fingerprint density at radius 2 is 1.78 bits per heavy atom. The molecule has 1 saturated heterocycles. The van der Waals surface area contributed by atoms with Gasteiger partial charge in [0.25, 0.3) is 0 Å². The summed E-state index contributed by atoms with van der Waals surface area (Å²) in [5.74, 6) is 2.22. The van der Waals surface area contributed by atoms with E-state index in [1.54, 1.807) is 0 Å². The Kier molecular flexibility index (Phi) is 4.59. The van der Waals surface area contributed by atoms with Crippen molar-refractivity contribution in [1.82, 2.24) is 15.5 Å². The minimum Gasteiger partial charge on any atom is -0.444 e. The van der Waals surface area contributed by atoms with E-state index in [0.29, 0.717) is 36.4 Å². The average molecular weight is 378 g/mol. The van der Waals surface area contributed by atoms with Gasteiger partial charge in [0.15, 0.2) is 0 Å². The van der Waals surface area contributed by atoms with Gasteiger partial charge in [-0.2, -0.15) is 0 Å². The van der Waals surface area contributed by atoms with E-state index in [1.807, 2.05) is 25.7 Å². The summed E-state index contributed by atoms with van der Waals surface area (Å²) >= 11 is 0. The highest BCUT2D eigenvalue weighted by molar-refractivity contribution is 5.75. The fourth-order valence-corrected chi connectivity index (χ4v) is 6.02. The molecule has 2 bridgehead atoms. The predicted molar refractivity (Wildman–Crippen MR) is 103 cm³/mol. The normalized spacial score (nSPS) is 38.1. The van der Waals surface area contributed by atoms with Crippen molar-refractivity contribution in [2.24, 2.45) is 23.2 Å². The van der Waals surface area contributed by atoms with Gasteiger partial charge in [-0.1, -0.05) is 6.92 Å². The van der Waals surface area contributed by atoms with Gasteiger partial charge >= 0.3 is 12.1 Å². The first-order chi connectivity index (χ1) is 12.7. The van der Waals surface area contributed by atoms with Crippen LogP contribution in [0.15, 0.2) is 0 Å². The second-order valence-corrected chi connectivity index (χ2v) is 10.5. The molecule has 2 N–H and O–H groups in total. The number of ether oxygens (including phenoxy) is 1. The first-order valence-electron chi connectivity index (χ1n) is 10.7. The molecule has 4 fully saturated rings. The maximum atomic E-state index is 12.8. The van der Waals surface area contributed by atoms with Crippen LogP contribution in [0, 0.1) is 23.2 Å². The Labute approximate surface area is 162 Å². The third-order valence-corrected chi connectivity index (χ3v) is 7.26. The highest BCUT2D eigenvalue weighted by atomic mass is 16.6. The molecular formula is C21H35N3O3. The van der Waals surface area contributed by atoms with Crippen LogP contribution in [0.1, 0.15) is 66.2 Å². The molecule has 4 aliphatic rings. The van der Waals surface area contributed by atoms with E-state index in [9.17, 15) is 9.59 Å². The molecule has 0 aromatic heterocycles. The van der Waals surface area contributed by atoms with Crippen LogP contribution in [0.25, 0.3) is 0 Å². The molecule has 152 valence electrons. The SMILES string of the molecule is CC1CC23CC(CC2C3)C1NC(=O)N1CCC(NC(=O)OC(C)(C)C)CC1. The number of nitrogens with one attached hydrogen (secondary N) is 2. The molecule has 5 unspecified atom stereocenters. The van der Waals surface area contributed by atoms with Crippen molar-refractivity contribution < 1.29 is 14.3 Å². The Hall–Kier alpha value is -1.46. The Balaban J connectivity index is 1.23. The maximum Gasteiger partial charge on any atom is 0.407 e. The number of rotatable bonds is 2. The third-order valence-electron chi connectivity index (χ3n) is 7.26. The van der Waals surface area contributed by atoms with Crippen molar-refractivity contribution in [3.05, 3.63) is 0 Å². The van der Waals surface area contributed by atoms with Gasteiger partial charge in [0.05, 0.1) is 0 Å². The van der Waals surface area contributed by atoms with E-state index in [-0.39, 0.29) is 18.2 Å². The minimum absolute atomic E-state index is 0.0825. The molecule has 0 radical (unpaired) electrons. The van der Waals surface area contributed by atoms with Crippen molar-refractivity contribution in [1.29, 1.82) is 0 Å². The van der Waals surface area contributed by atoms with E-state index >= 15 is 0 Å². The van der Waals surface area contributed by atoms with Crippen LogP contribution < -0.4 is 10.6 Å². The summed E-state index contributed by atoms with van der Waals surface area (Å²) in [6, 6.07) is 0.506. The first-order valence-corrected chi connectivity index (χ1v) is 10.7. The van der Waals surface area contributed by atoms with Crippen molar-refractivity contribution in [3.63, 3.8) is 0 Å². The largest absolute Gasteiger partial charge is 0.444 e. The number of nitrogens with zero attached hydrogens (tertiary/aromatic N) is 1. The maximum absolute atomic E-state index is 12.8. The van der Waals surface area contributed by atoms with Crippen LogP contribution >= 0.6 is 0 Å². The van der Waals surface area contributed by atoms with Gasteiger partial charge in [-0.15, -0.1) is 0 Å². The molecule has 1 aliphatic heterocycles. The summed E-state index contributed by atoms with van der Waals surface area (Å²) in [7, 11) is 0. The molecule has 4 rings (SSSR count). The highest BCUT2D eigenvalue weighted by Crippen LogP contribution is 2.71. The van der Waals surface area contributed by atoms with Crippen molar-refractivity contribution in [3.8, 4) is 0 Å². The number of carbonyl (C=O) groups excluding carboxylic acids is 2. The van der Waals surface area contributed by atoms with Crippen molar-refractivity contribution in [2.45, 2.75) is 83.9 Å². The molecule has 0 aromatic carbocycles. The molecule has 27 heavy (non-hydrogen) atoms. The number of hydrogen-bond donors (Lipinski definition) is 2. The fourth-order valence-electron chi connectivity index (χ4n) is 6.02. The van der Waals surface area contributed by atoms with Crippen LogP contribution in [0.3, 0.4) is 0 Å². The van der Waals surface area contributed by atoms with E-state index in [0.717, 1.165) is 18.8 Å². The van der Waals surface area contributed by atoms with Gasteiger partial charge in [-0.3, -0.25) is 0 Å². The molecule has 1 heterocycles. The van der Waals surface area contributed by atoms with Crippen LogP contribution in [0.2, 0.25) is 0 Å². The molecule has 3 aliphatic carbocycles. The van der Waals surface area contributed by atoms with E-state index in [4.69, 9.17) is 4.74 Å². The number of likely N-dealkylation sites (tertiary alicyclic amines) is 1. The van der Waals surface area contributed by atoms with Crippen LogP contribution in [0.5, 0.6) is 0 Å². The highest BCUT2D eigenvalue weighted by Gasteiger charge is 2.64. The minimum atomic E-state index is -0.485. The standard InChI is InChI=1S/C21H35N3O3/c1-13-10-21-11-14(9-15(21)12-21)17(13)23-18(25)24-7-5-16(6-8-24)22-19(26)27-20(2,3)4/h13-17H,5-12H2,1-4H3,(H,22,26)(H,23,25). The summed E-state index contributed by atoms with van der Waals surface area (Å²) in [5.41, 5.74) is 0.178. The molecule has 6 nitrogen and oxygen atoms in total. The number of piperidine rings is 1. The number of alkyl carbamates (subject to hydrolysis) is 1. The number of carbonyl (C=O) groups is 2. The molecule has 6 heteroatoms. The van der Waals surface area contributed by atoms with Crippen molar-refractivity contribution in [2.75, 3.05) is 13.1 Å². The van der Waals surface area contributed by atoms with Crippen LogP contribution in [0.4, 0.5) is 9.59 Å². The second kappa shape index (κ2) is 6.56. The molecule has 1 spiro atoms.